The van der Waals surface area contributed by atoms with Crippen molar-refractivity contribution in [1.29, 1.82) is 0 Å². The predicted octanol–water partition coefficient (Wildman–Crippen LogP) is 5.39. The van der Waals surface area contributed by atoms with E-state index in [-0.39, 0.29) is 5.91 Å². The number of methoxy groups -OCH3 is 1. The van der Waals surface area contributed by atoms with E-state index in [9.17, 15) is 4.79 Å². The van der Waals surface area contributed by atoms with E-state index in [4.69, 9.17) is 27.9 Å². The first-order valence-corrected chi connectivity index (χ1v) is 8.44. The van der Waals surface area contributed by atoms with Crippen molar-refractivity contribution in [2.75, 3.05) is 17.7 Å². The van der Waals surface area contributed by atoms with E-state index in [1.165, 1.54) is 0 Å². The molecule has 0 unspecified atom stereocenters. The highest BCUT2D eigenvalue weighted by Crippen LogP contribution is 2.28. The zero-order chi connectivity index (χ0) is 18.5. The first-order valence-electron chi connectivity index (χ1n) is 7.69. The Labute approximate surface area is 160 Å². The molecule has 132 valence electrons. The third kappa shape index (κ3) is 4.45. The molecule has 5 nitrogen and oxygen atoms in total. The van der Waals surface area contributed by atoms with E-state index < -0.39 is 0 Å². The Kier molecular flexibility index (Phi) is 5.61. The molecule has 0 radical (unpaired) electrons. The van der Waals surface area contributed by atoms with Gasteiger partial charge in [0.05, 0.1) is 24.0 Å². The second-order valence-corrected chi connectivity index (χ2v) is 6.21. The minimum absolute atomic E-state index is 0.230. The van der Waals surface area contributed by atoms with Crippen LogP contribution in [0.4, 0.5) is 17.2 Å². The summed E-state index contributed by atoms with van der Waals surface area (Å²) in [6.07, 6.45) is 1.57. The van der Waals surface area contributed by atoms with E-state index >= 15 is 0 Å². The highest BCUT2D eigenvalue weighted by molar-refractivity contribution is 6.32. The normalized spacial score (nSPS) is 10.3. The van der Waals surface area contributed by atoms with Gasteiger partial charge in [-0.1, -0.05) is 23.2 Å². The Hall–Kier alpha value is -2.76. The number of hydrogen-bond donors (Lipinski definition) is 2. The maximum Gasteiger partial charge on any atom is 0.255 e. The molecule has 0 saturated carbocycles. The molecule has 1 amide bonds. The van der Waals surface area contributed by atoms with Crippen molar-refractivity contribution in [2.45, 2.75) is 0 Å². The molecule has 1 heterocycles. The fraction of sp³-hybridized carbons (Fsp3) is 0.0526. The first kappa shape index (κ1) is 18.0. The zero-order valence-corrected chi connectivity index (χ0v) is 15.3. The number of halogens is 2. The molecule has 0 aliphatic heterocycles. The number of rotatable bonds is 5. The van der Waals surface area contributed by atoms with Gasteiger partial charge in [-0.2, -0.15) is 0 Å². The lowest BCUT2D eigenvalue weighted by Crippen LogP contribution is -2.11. The summed E-state index contributed by atoms with van der Waals surface area (Å²) in [6, 6.07) is 15.5. The summed E-state index contributed by atoms with van der Waals surface area (Å²) >= 11 is 11.9. The SMILES string of the molecule is COc1ccc(Nc2ccc(NC(=O)c3ccc(Cl)cc3)cn2)cc1Cl. The summed E-state index contributed by atoms with van der Waals surface area (Å²) in [5, 5.41) is 7.00. The van der Waals surface area contributed by atoms with Crippen molar-refractivity contribution in [3.8, 4) is 5.75 Å². The molecule has 0 atom stereocenters. The van der Waals surface area contributed by atoms with Gasteiger partial charge in [-0.25, -0.2) is 4.98 Å². The van der Waals surface area contributed by atoms with Crippen molar-refractivity contribution in [2.24, 2.45) is 0 Å². The van der Waals surface area contributed by atoms with E-state index in [0.29, 0.717) is 32.9 Å². The van der Waals surface area contributed by atoms with Crippen LogP contribution in [0.5, 0.6) is 5.75 Å². The Bertz CT molecular complexity index is 913. The average Bonchev–Trinajstić information content (AvgIpc) is 2.64. The molecule has 3 aromatic rings. The number of benzene rings is 2. The molecule has 0 aliphatic carbocycles. The Balaban J connectivity index is 1.65. The van der Waals surface area contributed by atoms with Gasteiger partial charge >= 0.3 is 0 Å². The van der Waals surface area contributed by atoms with Gasteiger partial charge in [0.2, 0.25) is 0 Å². The summed E-state index contributed by atoms with van der Waals surface area (Å²) < 4.78 is 5.12. The van der Waals surface area contributed by atoms with Crippen molar-refractivity contribution in [3.63, 3.8) is 0 Å². The van der Waals surface area contributed by atoms with Crippen LogP contribution < -0.4 is 15.4 Å². The molecule has 3 rings (SSSR count). The Morgan fingerprint density at radius 1 is 1.00 bits per heavy atom. The van der Waals surface area contributed by atoms with Crippen LogP contribution in [0.2, 0.25) is 10.0 Å². The van der Waals surface area contributed by atoms with Crippen molar-refractivity contribution < 1.29 is 9.53 Å². The van der Waals surface area contributed by atoms with E-state index in [1.54, 1.807) is 61.8 Å². The number of amides is 1. The second-order valence-electron chi connectivity index (χ2n) is 5.37. The first-order chi connectivity index (χ1) is 12.5. The Morgan fingerprint density at radius 3 is 2.35 bits per heavy atom. The predicted molar refractivity (Wildman–Crippen MR) is 105 cm³/mol. The fourth-order valence-electron chi connectivity index (χ4n) is 2.24. The maximum atomic E-state index is 12.2. The highest BCUT2D eigenvalue weighted by atomic mass is 35.5. The summed E-state index contributed by atoms with van der Waals surface area (Å²) in [5.41, 5.74) is 1.88. The number of carbonyl (C=O) groups excluding carboxylic acids is 1. The maximum absolute atomic E-state index is 12.2. The van der Waals surface area contributed by atoms with Crippen LogP contribution in [0.1, 0.15) is 10.4 Å². The number of pyridine rings is 1. The number of carbonyl (C=O) groups is 1. The second kappa shape index (κ2) is 8.08. The van der Waals surface area contributed by atoms with Gasteiger partial charge in [-0.05, 0) is 54.6 Å². The Morgan fingerprint density at radius 2 is 1.73 bits per heavy atom. The molecule has 26 heavy (non-hydrogen) atoms. The summed E-state index contributed by atoms with van der Waals surface area (Å²) in [4.78, 5) is 16.5. The van der Waals surface area contributed by atoms with Crippen LogP contribution in [0, 0.1) is 0 Å². The summed E-state index contributed by atoms with van der Waals surface area (Å²) in [5.74, 6) is 0.993. The van der Waals surface area contributed by atoms with Crippen LogP contribution in [0.3, 0.4) is 0 Å². The van der Waals surface area contributed by atoms with Gasteiger partial charge in [-0.15, -0.1) is 0 Å². The van der Waals surface area contributed by atoms with Crippen LogP contribution in [-0.2, 0) is 0 Å². The highest BCUT2D eigenvalue weighted by Gasteiger charge is 2.07. The lowest BCUT2D eigenvalue weighted by atomic mass is 10.2. The molecular formula is C19H15Cl2N3O2. The smallest absolute Gasteiger partial charge is 0.255 e. The third-order valence-electron chi connectivity index (χ3n) is 3.55. The van der Waals surface area contributed by atoms with Gasteiger partial charge in [0, 0.05) is 16.3 Å². The standard InChI is InChI=1S/C19H15Cl2N3O2/c1-26-17-8-6-14(10-16(17)21)23-18-9-7-15(11-22-18)24-19(25)12-2-4-13(20)5-3-12/h2-11H,1H3,(H,22,23)(H,24,25). The van der Waals surface area contributed by atoms with Crippen molar-refractivity contribution >= 4 is 46.3 Å². The van der Waals surface area contributed by atoms with Gasteiger partial charge in [0.1, 0.15) is 11.6 Å². The van der Waals surface area contributed by atoms with Crippen molar-refractivity contribution in [1.82, 2.24) is 4.98 Å². The minimum atomic E-state index is -0.230. The van der Waals surface area contributed by atoms with Crippen LogP contribution in [0.25, 0.3) is 0 Å². The molecule has 1 aromatic heterocycles. The van der Waals surface area contributed by atoms with Crippen molar-refractivity contribution in [3.05, 3.63) is 76.4 Å². The topological polar surface area (TPSA) is 63.2 Å². The monoisotopic (exact) mass is 387 g/mol. The molecule has 0 aliphatic rings. The molecule has 2 N–H and O–H groups in total. The minimum Gasteiger partial charge on any atom is -0.495 e. The zero-order valence-electron chi connectivity index (χ0n) is 13.8. The quantitative estimate of drug-likeness (QED) is 0.615. The molecular weight excluding hydrogens is 373 g/mol. The third-order valence-corrected chi connectivity index (χ3v) is 4.10. The molecule has 0 fully saturated rings. The van der Waals surface area contributed by atoms with Gasteiger partial charge in [-0.3, -0.25) is 4.79 Å². The van der Waals surface area contributed by atoms with Crippen LogP contribution in [0.15, 0.2) is 60.8 Å². The molecule has 0 saturated heterocycles. The number of ether oxygens (including phenoxy) is 1. The van der Waals surface area contributed by atoms with Gasteiger partial charge < -0.3 is 15.4 Å². The number of anilines is 3. The molecule has 7 heteroatoms. The largest absolute Gasteiger partial charge is 0.495 e. The number of aromatic nitrogens is 1. The molecule has 0 bridgehead atoms. The fourth-order valence-corrected chi connectivity index (χ4v) is 2.62. The van der Waals surface area contributed by atoms with Crippen LogP contribution >= 0.6 is 23.2 Å². The molecule has 2 aromatic carbocycles. The average molecular weight is 388 g/mol. The number of nitrogens with zero attached hydrogens (tertiary/aromatic N) is 1. The molecule has 0 spiro atoms. The van der Waals surface area contributed by atoms with E-state index in [0.717, 1.165) is 5.69 Å². The van der Waals surface area contributed by atoms with Gasteiger partial charge in [0.25, 0.3) is 5.91 Å². The lowest BCUT2D eigenvalue weighted by Gasteiger charge is -2.09. The number of nitrogens with one attached hydrogen (secondary N) is 2. The van der Waals surface area contributed by atoms with E-state index in [1.807, 2.05) is 6.07 Å². The van der Waals surface area contributed by atoms with Crippen LogP contribution in [-0.4, -0.2) is 18.0 Å². The summed E-state index contributed by atoms with van der Waals surface area (Å²) in [7, 11) is 1.56. The van der Waals surface area contributed by atoms with Gasteiger partial charge in [0.15, 0.2) is 0 Å². The lowest BCUT2D eigenvalue weighted by molar-refractivity contribution is 0.102. The number of hydrogen-bond acceptors (Lipinski definition) is 4. The summed E-state index contributed by atoms with van der Waals surface area (Å²) in [6.45, 7) is 0. The van der Waals surface area contributed by atoms with E-state index in [2.05, 4.69) is 15.6 Å².